The molecule has 1 atom stereocenters. The fourth-order valence-electron chi connectivity index (χ4n) is 3.06. The third-order valence-corrected chi connectivity index (χ3v) is 6.43. The van der Waals surface area contributed by atoms with Gasteiger partial charge in [-0.25, -0.2) is 0 Å². The number of rotatable bonds is 6. The van der Waals surface area contributed by atoms with Gasteiger partial charge in [0.05, 0.1) is 11.7 Å². The maximum Gasteiger partial charge on any atom is 0.227 e. The number of anilines is 1. The SMILES string of the molecule is CC(C)C(NC(=O)CCC(=O)N1CCSc2ccccc21)c1cccs1. The smallest absolute Gasteiger partial charge is 0.227 e. The Labute approximate surface area is 163 Å². The van der Waals surface area contributed by atoms with Gasteiger partial charge in [-0.2, -0.15) is 0 Å². The van der Waals surface area contributed by atoms with Gasteiger partial charge in [0.15, 0.2) is 0 Å². The molecule has 26 heavy (non-hydrogen) atoms. The first-order chi connectivity index (χ1) is 12.6. The molecular formula is C20H24N2O2S2. The van der Waals surface area contributed by atoms with Gasteiger partial charge in [-0.1, -0.05) is 32.0 Å². The van der Waals surface area contributed by atoms with E-state index >= 15 is 0 Å². The summed E-state index contributed by atoms with van der Waals surface area (Å²) in [4.78, 5) is 29.2. The molecule has 1 aromatic carbocycles. The van der Waals surface area contributed by atoms with Crippen molar-refractivity contribution in [2.45, 2.75) is 37.6 Å². The van der Waals surface area contributed by atoms with E-state index in [1.807, 2.05) is 46.7 Å². The molecule has 2 heterocycles. The molecule has 1 aliphatic heterocycles. The Morgan fingerprint density at radius 2 is 1.96 bits per heavy atom. The van der Waals surface area contributed by atoms with E-state index in [1.165, 1.54) is 0 Å². The first kappa shape index (κ1) is 19.0. The molecular weight excluding hydrogens is 364 g/mol. The van der Waals surface area contributed by atoms with Crippen LogP contribution in [0.5, 0.6) is 0 Å². The van der Waals surface area contributed by atoms with Gasteiger partial charge in [0, 0.05) is 34.9 Å². The van der Waals surface area contributed by atoms with Crippen LogP contribution in [0.25, 0.3) is 0 Å². The van der Waals surface area contributed by atoms with Gasteiger partial charge in [0.1, 0.15) is 0 Å². The molecule has 0 fully saturated rings. The zero-order valence-corrected chi connectivity index (χ0v) is 16.7. The van der Waals surface area contributed by atoms with Gasteiger partial charge in [-0.3, -0.25) is 9.59 Å². The Bertz CT molecular complexity index is 759. The first-order valence-corrected chi connectivity index (χ1v) is 10.8. The number of nitrogens with zero attached hydrogens (tertiary/aromatic N) is 1. The molecule has 2 amide bonds. The Hall–Kier alpha value is -1.79. The minimum Gasteiger partial charge on any atom is -0.348 e. The average molecular weight is 389 g/mol. The van der Waals surface area contributed by atoms with E-state index in [0.717, 1.165) is 21.2 Å². The minimum atomic E-state index is -0.0647. The number of fused-ring (bicyclic) bond motifs is 1. The van der Waals surface area contributed by atoms with Crippen LogP contribution in [0.3, 0.4) is 0 Å². The van der Waals surface area contributed by atoms with Crippen LogP contribution in [0.15, 0.2) is 46.7 Å². The number of amides is 2. The largest absolute Gasteiger partial charge is 0.348 e. The second kappa shape index (κ2) is 8.73. The highest BCUT2D eigenvalue weighted by Gasteiger charge is 2.24. The van der Waals surface area contributed by atoms with Crippen LogP contribution in [0.1, 0.15) is 37.6 Å². The summed E-state index contributed by atoms with van der Waals surface area (Å²) in [5, 5.41) is 5.11. The number of hydrogen-bond donors (Lipinski definition) is 1. The number of thioether (sulfide) groups is 1. The molecule has 1 aliphatic rings. The number of benzene rings is 1. The molecule has 1 N–H and O–H groups in total. The molecule has 6 heteroatoms. The molecule has 0 radical (unpaired) electrons. The topological polar surface area (TPSA) is 49.4 Å². The first-order valence-electron chi connectivity index (χ1n) is 8.91. The van der Waals surface area contributed by atoms with Crippen molar-refractivity contribution in [3.8, 4) is 0 Å². The normalized spacial score (nSPS) is 14.8. The van der Waals surface area contributed by atoms with Crippen LogP contribution in [-0.4, -0.2) is 24.1 Å². The third-order valence-electron chi connectivity index (χ3n) is 4.43. The summed E-state index contributed by atoms with van der Waals surface area (Å²) in [7, 11) is 0. The summed E-state index contributed by atoms with van der Waals surface area (Å²) in [6, 6.07) is 12.0. The second-order valence-corrected chi connectivity index (χ2v) is 8.78. The zero-order valence-electron chi connectivity index (χ0n) is 15.1. The predicted octanol–water partition coefficient (Wildman–Crippen LogP) is 4.48. The maximum atomic E-state index is 12.7. The lowest BCUT2D eigenvalue weighted by atomic mass is 10.0. The monoisotopic (exact) mass is 388 g/mol. The lowest BCUT2D eigenvalue weighted by molar-refractivity contribution is -0.125. The summed E-state index contributed by atoms with van der Waals surface area (Å²) in [5.41, 5.74) is 0.966. The van der Waals surface area contributed by atoms with Crippen molar-refractivity contribution in [2.75, 3.05) is 17.2 Å². The van der Waals surface area contributed by atoms with Crippen molar-refractivity contribution in [2.24, 2.45) is 5.92 Å². The standard InChI is InChI=1S/C20H24N2O2S2/c1-14(2)20(17-8-5-12-25-17)21-18(23)9-10-19(24)22-11-13-26-16-7-4-3-6-15(16)22/h3-8,12,14,20H,9-11,13H2,1-2H3,(H,21,23). The zero-order chi connectivity index (χ0) is 18.5. The van der Waals surface area contributed by atoms with Crippen LogP contribution in [0.2, 0.25) is 0 Å². The number of hydrogen-bond acceptors (Lipinski definition) is 4. The van der Waals surface area contributed by atoms with Crippen molar-refractivity contribution in [3.63, 3.8) is 0 Å². The predicted molar refractivity (Wildman–Crippen MR) is 109 cm³/mol. The number of carbonyl (C=O) groups is 2. The van der Waals surface area contributed by atoms with Crippen LogP contribution in [-0.2, 0) is 9.59 Å². The number of nitrogens with one attached hydrogen (secondary N) is 1. The molecule has 0 spiro atoms. The Morgan fingerprint density at radius 1 is 1.15 bits per heavy atom. The Kier molecular flexibility index (Phi) is 6.38. The van der Waals surface area contributed by atoms with Gasteiger partial charge in [0.2, 0.25) is 11.8 Å². The van der Waals surface area contributed by atoms with Crippen molar-refractivity contribution in [1.29, 1.82) is 0 Å². The summed E-state index contributed by atoms with van der Waals surface area (Å²) in [6.45, 7) is 4.89. The summed E-state index contributed by atoms with van der Waals surface area (Å²) >= 11 is 3.42. The highest BCUT2D eigenvalue weighted by Crippen LogP contribution is 2.34. The fourth-order valence-corrected chi connectivity index (χ4v) is 5.01. The summed E-state index contributed by atoms with van der Waals surface area (Å²) in [6.07, 6.45) is 0.458. The molecule has 0 saturated heterocycles. The van der Waals surface area contributed by atoms with E-state index in [9.17, 15) is 9.59 Å². The van der Waals surface area contributed by atoms with Crippen LogP contribution in [0, 0.1) is 5.92 Å². The van der Waals surface area contributed by atoms with Gasteiger partial charge >= 0.3 is 0 Å². The second-order valence-electron chi connectivity index (χ2n) is 6.67. The number of thiophene rings is 1. The molecule has 138 valence electrons. The van der Waals surface area contributed by atoms with Crippen molar-refractivity contribution >= 4 is 40.6 Å². The van der Waals surface area contributed by atoms with Crippen LogP contribution < -0.4 is 10.2 Å². The Balaban J connectivity index is 1.57. The lowest BCUT2D eigenvalue weighted by Gasteiger charge is -2.29. The van der Waals surface area contributed by atoms with Crippen molar-refractivity contribution < 1.29 is 9.59 Å². The van der Waals surface area contributed by atoms with Gasteiger partial charge < -0.3 is 10.2 Å². The lowest BCUT2D eigenvalue weighted by Crippen LogP contribution is -2.37. The van der Waals surface area contributed by atoms with Crippen LogP contribution >= 0.6 is 23.1 Å². The molecule has 1 aromatic heterocycles. The van der Waals surface area contributed by atoms with E-state index in [2.05, 4.69) is 19.2 Å². The fraction of sp³-hybridized carbons (Fsp3) is 0.400. The number of carbonyl (C=O) groups excluding carboxylic acids is 2. The maximum absolute atomic E-state index is 12.7. The van der Waals surface area contributed by atoms with Crippen molar-refractivity contribution in [1.82, 2.24) is 5.32 Å². The number of para-hydroxylation sites is 1. The highest BCUT2D eigenvalue weighted by atomic mass is 32.2. The van der Waals surface area contributed by atoms with Gasteiger partial charge in [0.25, 0.3) is 0 Å². The molecule has 3 rings (SSSR count). The summed E-state index contributed by atoms with van der Waals surface area (Å²) < 4.78 is 0. The summed E-state index contributed by atoms with van der Waals surface area (Å²) in [5.74, 6) is 1.15. The third kappa shape index (κ3) is 4.48. The molecule has 2 aromatic rings. The molecule has 0 bridgehead atoms. The van der Waals surface area contributed by atoms with E-state index in [0.29, 0.717) is 12.5 Å². The van der Waals surface area contributed by atoms with Crippen molar-refractivity contribution in [3.05, 3.63) is 46.7 Å². The van der Waals surface area contributed by atoms with E-state index in [1.54, 1.807) is 23.1 Å². The quantitative estimate of drug-likeness (QED) is 0.794. The van der Waals surface area contributed by atoms with Gasteiger partial charge in [-0.05, 0) is 29.5 Å². The van der Waals surface area contributed by atoms with Gasteiger partial charge in [-0.15, -0.1) is 23.1 Å². The van der Waals surface area contributed by atoms with E-state index < -0.39 is 0 Å². The molecule has 0 aliphatic carbocycles. The van der Waals surface area contributed by atoms with E-state index in [4.69, 9.17) is 0 Å². The average Bonchev–Trinajstić information content (AvgIpc) is 3.17. The highest BCUT2D eigenvalue weighted by molar-refractivity contribution is 7.99. The van der Waals surface area contributed by atoms with Crippen LogP contribution in [0.4, 0.5) is 5.69 Å². The molecule has 1 unspecified atom stereocenters. The van der Waals surface area contributed by atoms with E-state index in [-0.39, 0.29) is 30.7 Å². The molecule has 4 nitrogen and oxygen atoms in total. The molecule has 0 saturated carbocycles. The Morgan fingerprint density at radius 3 is 2.69 bits per heavy atom. The minimum absolute atomic E-state index is 0.00437.